The molecule has 1 amide bonds. The first-order valence-corrected chi connectivity index (χ1v) is 15.9. The molecule has 0 radical (unpaired) electrons. The molecular formula is C32H63NO3. The van der Waals surface area contributed by atoms with Gasteiger partial charge in [0.05, 0.1) is 18.8 Å². The summed E-state index contributed by atoms with van der Waals surface area (Å²) >= 11 is 0. The molecule has 0 aliphatic rings. The zero-order chi connectivity index (χ0) is 26.5. The Morgan fingerprint density at radius 3 is 1.53 bits per heavy atom. The average molecular weight is 510 g/mol. The van der Waals surface area contributed by atoms with E-state index < -0.39 is 12.1 Å². The summed E-state index contributed by atoms with van der Waals surface area (Å²) in [7, 11) is 0. The van der Waals surface area contributed by atoms with Gasteiger partial charge in [-0.15, -0.1) is 0 Å². The van der Waals surface area contributed by atoms with E-state index >= 15 is 0 Å². The van der Waals surface area contributed by atoms with E-state index in [1.54, 1.807) is 0 Å². The van der Waals surface area contributed by atoms with E-state index in [0.29, 0.717) is 12.8 Å². The number of aliphatic hydroxyl groups is 2. The summed E-state index contributed by atoms with van der Waals surface area (Å²) in [4.78, 5) is 12.2. The summed E-state index contributed by atoms with van der Waals surface area (Å²) in [5, 5.41) is 22.8. The van der Waals surface area contributed by atoms with Gasteiger partial charge in [0.1, 0.15) is 0 Å². The number of hydrogen-bond donors (Lipinski definition) is 3. The van der Waals surface area contributed by atoms with Gasteiger partial charge in [0.2, 0.25) is 5.91 Å². The lowest BCUT2D eigenvalue weighted by atomic mass is 10.0. The van der Waals surface area contributed by atoms with E-state index in [4.69, 9.17) is 0 Å². The van der Waals surface area contributed by atoms with Crippen molar-refractivity contribution in [2.75, 3.05) is 6.61 Å². The van der Waals surface area contributed by atoms with Crippen molar-refractivity contribution >= 4 is 5.91 Å². The van der Waals surface area contributed by atoms with Crippen molar-refractivity contribution in [3.8, 4) is 0 Å². The highest BCUT2D eigenvalue weighted by molar-refractivity contribution is 5.76. The summed E-state index contributed by atoms with van der Waals surface area (Å²) < 4.78 is 0. The van der Waals surface area contributed by atoms with Gasteiger partial charge in [-0.05, 0) is 38.5 Å². The van der Waals surface area contributed by atoms with Crippen LogP contribution in [-0.4, -0.2) is 34.9 Å². The van der Waals surface area contributed by atoms with Crippen LogP contribution in [0.15, 0.2) is 12.2 Å². The van der Waals surface area contributed by atoms with E-state index in [2.05, 4.69) is 31.3 Å². The lowest BCUT2D eigenvalue weighted by molar-refractivity contribution is -0.123. The lowest BCUT2D eigenvalue weighted by Crippen LogP contribution is -2.45. The van der Waals surface area contributed by atoms with E-state index in [9.17, 15) is 15.0 Å². The number of hydrogen-bond acceptors (Lipinski definition) is 3. The van der Waals surface area contributed by atoms with Crippen LogP contribution >= 0.6 is 0 Å². The Kier molecular flexibility index (Phi) is 28.0. The zero-order valence-electron chi connectivity index (χ0n) is 24.3. The second kappa shape index (κ2) is 28.7. The van der Waals surface area contributed by atoms with Crippen molar-refractivity contribution in [1.29, 1.82) is 0 Å². The van der Waals surface area contributed by atoms with Gasteiger partial charge in [0.25, 0.3) is 0 Å². The molecule has 0 unspecified atom stereocenters. The third-order valence-corrected chi connectivity index (χ3v) is 7.28. The minimum Gasteiger partial charge on any atom is -0.394 e. The monoisotopic (exact) mass is 509 g/mol. The van der Waals surface area contributed by atoms with E-state index in [-0.39, 0.29) is 12.5 Å². The Bertz CT molecular complexity index is 480. The first-order valence-electron chi connectivity index (χ1n) is 15.9. The quantitative estimate of drug-likeness (QED) is 0.0729. The van der Waals surface area contributed by atoms with Crippen molar-refractivity contribution in [2.45, 2.75) is 180 Å². The maximum absolute atomic E-state index is 12.2. The van der Waals surface area contributed by atoms with Crippen LogP contribution in [0.3, 0.4) is 0 Å². The molecule has 0 saturated carbocycles. The first-order chi connectivity index (χ1) is 17.7. The molecule has 0 saturated heterocycles. The van der Waals surface area contributed by atoms with Crippen molar-refractivity contribution < 1.29 is 15.0 Å². The zero-order valence-corrected chi connectivity index (χ0v) is 24.3. The molecule has 4 heteroatoms. The number of amides is 1. The minimum atomic E-state index is -0.673. The van der Waals surface area contributed by atoms with Gasteiger partial charge in [-0.1, -0.05) is 135 Å². The summed E-state index contributed by atoms with van der Waals surface area (Å²) in [6, 6.07) is -0.543. The summed E-state index contributed by atoms with van der Waals surface area (Å²) in [5.74, 6) is -0.0435. The number of aliphatic hydroxyl groups excluding tert-OH is 2. The largest absolute Gasteiger partial charge is 0.394 e. The minimum absolute atomic E-state index is 0.0435. The molecule has 214 valence electrons. The number of carbonyl (C=O) groups is 1. The van der Waals surface area contributed by atoms with Crippen molar-refractivity contribution in [2.24, 2.45) is 0 Å². The van der Waals surface area contributed by atoms with Crippen LogP contribution in [0.2, 0.25) is 0 Å². The molecule has 36 heavy (non-hydrogen) atoms. The van der Waals surface area contributed by atoms with Gasteiger partial charge in [-0.3, -0.25) is 4.79 Å². The van der Waals surface area contributed by atoms with Crippen LogP contribution in [0.5, 0.6) is 0 Å². The number of carbonyl (C=O) groups excluding carboxylic acids is 1. The molecule has 4 nitrogen and oxygen atoms in total. The Hall–Kier alpha value is -0.870. The summed E-state index contributed by atoms with van der Waals surface area (Å²) in [6.07, 6.45) is 32.5. The number of rotatable bonds is 28. The Morgan fingerprint density at radius 2 is 1.06 bits per heavy atom. The number of allylic oxidation sites excluding steroid dienone is 2. The fourth-order valence-corrected chi connectivity index (χ4v) is 4.76. The smallest absolute Gasteiger partial charge is 0.220 e. The molecule has 0 bridgehead atoms. The Balaban J connectivity index is 3.60. The first kappa shape index (κ1) is 35.1. The van der Waals surface area contributed by atoms with Crippen LogP contribution in [0.25, 0.3) is 0 Å². The van der Waals surface area contributed by atoms with Gasteiger partial charge < -0.3 is 15.5 Å². The fraction of sp³-hybridized carbons (Fsp3) is 0.906. The van der Waals surface area contributed by atoms with Crippen LogP contribution < -0.4 is 5.32 Å². The van der Waals surface area contributed by atoms with Gasteiger partial charge in [-0.2, -0.15) is 0 Å². The van der Waals surface area contributed by atoms with Crippen LogP contribution in [-0.2, 0) is 4.79 Å². The van der Waals surface area contributed by atoms with Gasteiger partial charge in [0, 0.05) is 6.42 Å². The van der Waals surface area contributed by atoms with Gasteiger partial charge in [0.15, 0.2) is 0 Å². The van der Waals surface area contributed by atoms with Gasteiger partial charge in [-0.25, -0.2) is 0 Å². The third-order valence-electron chi connectivity index (χ3n) is 7.28. The molecule has 0 aromatic heterocycles. The van der Waals surface area contributed by atoms with Crippen LogP contribution in [0.4, 0.5) is 0 Å². The van der Waals surface area contributed by atoms with E-state index in [1.807, 2.05) is 0 Å². The molecule has 0 spiro atoms. The third kappa shape index (κ3) is 24.8. The highest BCUT2D eigenvalue weighted by Crippen LogP contribution is 2.14. The second-order valence-corrected chi connectivity index (χ2v) is 10.9. The maximum atomic E-state index is 12.2. The highest BCUT2D eigenvalue weighted by atomic mass is 16.3. The van der Waals surface area contributed by atoms with Crippen molar-refractivity contribution in [3.05, 3.63) is 12.2 Å². The molecule has 0 rings (SSSR count). The normalized spacial score (nSPS) is 13.3. The Labute approximate surface area is 225 Å². The summed E-state index contributed by atoms with van der Waals surface area (Å²) in [5.41, 5.74) is 0. The topological polar surface area (TPSA) is 69.6 Å². The average Bonchev–Trinajstić information content (AvgIpc) is 2.88. The standard InChI is InChI=1S/C32H63NO3/c1-3-5-7-9-11-13-15-16-17-18-20-22-24-26-28-32(36)33-30(29-34)31(35)27-25-23-21-19-14-12-10-8-6-4-2/h14,19,30-31,34-35H,3-13,15-18,20-29H2,1-2H3,(H,33,36)/b19-14+/t30-,31+/m0/s1. The van der Waals surface area contributed by atoms with Crippen molar-refractivity contribution in [1.82, 2.24) is 5.32 Å². The molecule has 0 fully saturated rings. The molecular weight excluding hydrogens is 446 g/mol. The van der Waals surface area contributed by atoms with Crippen LogP contribution in [0, 0.1) is 0 Å². The molecule has 0 aromatic rings. The molecule has 0 aliphatic heterocycles. The Morgan fingerprint density at radius 1 is 0.639 bits per heavy atom. The fourth-order valence-electron chi connectivity index (χ4n) is 4.76. The SMILES string of the molecule is CCCCCC/C=C/CCCC[C@@H](O)[C@H](CO)NC(=O)CCCCCCCCCCCCCCCC. The van der Waals surface area contributed by atoms with Crippen molar-refractivity contribution in [3.63, 3.8) is 0 Å². The second-order valence-electron chi connectivity index (χ2n) is 10.9. The van der Waals surface area contributed by atoms with E-state index in [1.165, 1.54) is 109 Å². The number of nitrogens with one attached hydrogen (secondary N) is 1. The van der Waals surface area contributed by atoms with E-state index in [0.717, 1.165) is 32.1 Å². The molecule has 0 heterocycles. The van der Waals surface area contributed by atoms with Gasteiger partial charge >= 0.3 is 0 Å². The summed E-state index contributed by atoms with van der Waals surface area (Å²) in [6.45, 7) is 4.30. The molecule has 2 atom stereocenters. The molecule has 0 aromatic carbocycles. The lowest BCUT2D eigenvalue weighted by Gasteiger charge is -2.22. The molecule has 0 aliphatic carbocycles. The molecule has 3 N–H and O–H groups in total. The highest BCUT2D eigenvalue weighted by Gasteiger charge is 2.19. The predicted octanol–water partition coefficient (Wildman–Crippen LogP) is 8.78. The predicted molar refractivity (Wildman–Crippen MR) is 156 cm³/mol. The maximum Gasteiger partial charge on any atom is 0.220 e. The number of unbranched alkanes of at least 4 members (excludes halogenated alkanes) is 19. The van der Waals surface area contributed by atoms with Crippen LogP contribution in [0.1, 0.15) is 168 Å².